The Labute approximate surface area is 166 Å². The molecule has 0 spiro atoms. The second-order valence-corrected chi connectivity index (χ2v) is 12.7. The zero-order chi connectivity index (χ0) is 20.3. The topological polar surface area (TPSA) is 104 Å². The van der Waals surface area contributed by atoms with Gasteiger partial charge in [0.25, 0.3) is 10.2 Å². The van der Waals surface area contributed by atoms with Gasteiger partial charge in [0, 0.05) is 58.0 Å². The SMILES string of the molecule is C[C@@H]1CCCN(c2ncc3c(n2)[C@H]2CN(S(=O)(=O)N(C)C)C[C@H]2S(=O)(=O)C3)C1. The Morgan fingerprint density at radius 1 is 1.21 bits per heavy atom. The fourth-order valence-corrected chi connectivity index (χ4v) is 7.72. The molecule has 0 N–H and O–H groups in total. The summed E-state index contributed by atoms with van der Waals surface area (Å²) in [5, 5.41) is -0.752. The molecular formula is C17H27N5O4S2. The van der Waals surface area contributed by atoms with E-state index in [1.165, 1.54) is 24.8 Å². The number of nitrogens with zero attached hydrogens (tertiary/aromatic N) is 5. The van der Waals surface area contributed by atoms with Gasteiger partial charge < -0.3 is 4.90 Å². The molecule has 3 atom stereocenters. The minimum absolute atomic E-state index is 0.0208. The third-order valence-corrected chi connectivity index (χ3v) is 10.0. The van der Waals surface area contributed by atoms with E-state index in [-0.39, 0.29) is 18.8 Å². The van der Waals surface area contributed by atoms with Crippen molar-refractivity contribution in [3.05, 3.63) is 17.5 Å². The molecule has 0 amide bonds. The van der Waals surface area contributed by atoms with Crippen molar-refractivity contribution in [2.24, 2.45) is 5.92 Å². The van der Waals surface area contributed by atoms with Crippen LogP contribution in [-0.4, -0.2) is 80.9 Å². The van der Waals surface area contributed by atoms with Crippen molar-refractivity contribution < 1.29 is 16.8 Å². The van der Waals surface area contributed by atoms with Gasteiger partial charge in [-0.05, 0) is 18.8 Å². The van der Waals surface area contributed by atoms with Gasteiger partial charge in [-0.3, -0.25) is 0 Å². The Hall–Kier alpha value is -1.30. The number of hydrogen-bond donors (Lipinski definition) is 0. The molecular weight excluding hydrogens is 402 g/mol. The van der Waals surface area contributed by atoms with Crippen molar-refractivity contribution in [2.45, 2.75) is 36.7 Å². The Morgan fingerprint density at radius 3 is 2.64 bits per heavy atom. The highest BCUT2D eigenvalue weighted by molar-refractivity contribution is 7.91. The molecule has 0 radical (unpaired) electrons. The summed E-state index contributed by atoms with van der Waals surface area (Å²) in [6, 6.07) is 0. The normalized spacial score (nSPS) is 30.3. The van der Waals surface area contributed by atoms with Gasteiger partial charge in [0.1, 0.15) is 0 Å². The highest BCUT2D eigenvalue weighted by atomic mass is 32.2. The number of aromatic nitrogens is 2. The van der Waals surface area contributed by atoms with E-state index in [1.807, 2.05) is 0 Å². The van der Waals surface area contributed by atoms with Gasteiger partial charge in [-0.1, -0.05) is 6.92 Å². The molecule has 4 heterocycles. The molecule has 4 rings (SSSR count). The predicted molar refractivity (Wildman–Crippen MR) is 106 cm³/mol. The molecule has 3 aliphatic rings. The molecule has 0 saturated carbocycles. The Morgan fingerprint density at radius 2 is 1.96 bits per heavy atom. The van der Waals surface area contributed by atoms with Crippen molar-refractivity contribution in [1.82, 2.24) is 18.6 Å². The van der Waals surface area contributed by atoms with Crippen LogP contribution in [-0.2, 0) is 25.8 Å². The lowest BCUT2D eigenvalue weighted by Crippen LogP contribution is -2.40. The third-order valence-electron chi connectivity index (χ3n) is 6.01. The first kappa shape index (κ1) is 20.0. The highest BCUT2D eigenvalue weighted by Gasteiger charge is 2.50. The van der Waals surface area contributed by atoms with Crippen LogP contribution >= 0.6 is 0 Å². The average Bonchev–Trinajstić information content (AvgIpc) is 3.09. The molecule has 28 heavy (non-hydrogen) atoms. The number of fused-ring (bicyclic) bond motifs is 3. The van der Waals surface area contributed by atoms with Gasteiger partial charge in [-0.15, -0.1) is 0 Å². The minimum atomic E-state index is -3.68. The van der Waals surface area contributed by atoms with Crippen LogP contribution in [0.3, 0.4) is 0 Å². The molecule has 9 nitrogen and oxygen atoms in total. The first-order chi connectivity index (χ1) is 13.1. The zero-order valence-corrected chi connectivity index (χ0v) is 18.1. The van der Waals surface area contributed by atoms with E-state index >= 15 is 0 Å². The van der Waals surface area contributed by atoms with Crippen LogP contribution < -0.4 is 4.90 Å². The number of rotatable bonds is 3. The summed E-state index contributed by atoms with van der Waals surface area (Å²) in [5.74, 6) is 0.606. The Kier molecular flexibility index (Phi) is 4.92. The maximum atomic E-state index is 12.8. The maximum absolute atomic E-state index is 12.8. The summed E-state index contributed by atoms with van der Waals surface area (Å²) in [7, 11) is -4.22. The molecule has 1 aromatic heterocycles. The van der Waals surface area contributed by atoms with Crippen molar-refractivity contribution in [3.8, 4) is 0 Å². The van der Waals surface area contributed by atoms with E-state index in [1.54, 1.807) is 6.20 Å². The quantitative estimate of drug-likeness (QED) is 0.677. The van der Waals surface area contributed by atoms with Gasteiger partial charge in [0.15, 0.2) is 9.84 Å². The number of sulfone groups is 1. The van der Waals surface area contributed by atoms with E-state index < -0.39 is 31.2 Å². The van der Waals surface area contributed by atoms with Gasteiger partial charge in [0.2, 0.25) is 5.95 Å². The monoisotopic (exact) mass is 429 g/mol. The van der Waals surface area contributed by atoms with Crippen LogP contribution in [0.4, 0.5) is 5.95 Å². The average molecular weight is 430 g/mol. The lowest BCUT2D eigenvalue weighted by molar-refractivity contribution is 0.418. The van der Waals surface area contributed by atoms with Crippen LogP contribution in [0.25, 0.3) is 0 Å². The van der Waals surface area contributed by atoms with Crippen LogP contribution in [0.2, 0.25) is 0 Å². The van der Waals surface area contributed by atoms with Gasteiger partial charge in [-0.25, -0.2) is 18.4 Å². The third kappa shape index (κ3) is 3.31. The molecule has 0 aliphatic carbocycles. The molecule has 2 saturated heterocycles. The summed E-state index contributed by atoms with van der Waals surface area (Å²) in [6.45, 7) is 4.08. The fraction of sp³-hybridized carbons (Fsp3) is 0.765. The lowest BCUT2D eigenvalue weighted by Gasteiger charge is -2.32. The zero-order valence-electron chi connectivity index (χ0n) is 16.4. The van der Waals surface area contributed by atoms with Crippen LogP contribution in [0, 0.1) is 5.92 Å². The van der Waals surface area contributed by atoms with Crippen molar-refractivity contribution in [2.75, 3.05) is 45.2 Å². The summed E-state index contributed by atoms with van der Waals surface area (Å²) in [6.07, 6.45) is 3.88. The Balaban J connectivity index is 1.71. The maximum Gasteiger partial charge on any atom is 0.281 e. The molecule has 2 fully saturated rings. The first-order valence-electron chi connectivity index (χ1n) is 9.59. The molecule has 11 heteroatoms. The van der Waals surface area contributed by atoms with E-state index in [2.05, 4.69) is 16.8 Å². The number of hydrogen-bond acceptors (Lipinski definition) is 7. The highest BCUT2D eigenvalue weighted by Crippen LogP contribution is 2.40. The Bertz CT molecular complexity index is 979. The number of piperidine rings is 1. The summed E-state index contributed by atoms with van der Waals surface area (Å²) < 4.78 is 53.1. The molecule has 3 aliphatic heterocycles. The van der Waals surface area contributed by atoms with Crippen LogP contribution in [0.5, 0.6) is 0 Å². The molecule has 0 bridgehead atoms. The van der Waals surface area contributed by atoms with E-state index in [0.29, 0.717) is 23.1 Å². The van der Waals surface area contributed by atoms with E-state index in [0.717, 1.165) is 23.8 Å². The van der Waals surface area contributed by atoms with Gasteiger partial charge in [0.05, 0.1) is 16.7 Å². The summed E-state index contributed by atoms with van der Waals surface area (Å²) >= 11 is 0. The van der Waals surface area contributed by atoms with Crippen molar-refractivity contribution >= 4 is 26.0 Å². The smallest absolute Gasteiger partial charge is 0.281 e. The molecule has 156 valence electrons. The minimum Gasteiger partial charge on any atom is -0.341 e. The summed E-state index contributed by atoms with van der Waals surface area (Å²) in [4.78, 5) is 11.3. The molecule has 0 unspecified atom stereocenters. The van der Waals surface area contributed by atoms with Crippen LogP contribution in [0.15, 0.2) is 6.20 Å². The van der Waals surface area contributed by atoms with Gasteiger partial charge >= 0.3 is 0 Å². The second kappa shape index (κ2) is 6.89. The fourth-order valence-electron chi connectivity index (χ4n) is 4.47. The summed E-state index contributed by atoms with van der Waals surface area (Å²) in [5.41, 5.74) is 1.29. The second-order valence-electron chi connectivity index (χ2n) is 8.33. The van der Waals surface area contributed by atoms with Crippen molar-refractivity contribution in [3.63, 3.8) is 0 Å². The predicted octanol–water partition coefficient (Wildman–Crippen LogP) is 0.216. The van der Waals surface area contributed by atoms with Crippen molar-refractivity contribution in [1.29, 1.82) is 0 Å². The standard InChI is InChI=1S/C17H27N5O4S2/c1-12-5-4-6-21(8-12)17-18-7-13-11-27(23,24)15-10-22(28(25,26)20(2)3)9-14(15)16(13)19-17/h7,12,14-15H,4-6,8-11H2,1-3H3/t12-,14+,15-/m1/s1. The van der Waals surface area contributed by atoms with Crippen LogP contribution in [0.1, 0.15) is 36.9 Å². The lowest BCUT2D eigenvalue weighted by atomic mass is 9.99. The largest absolute Gasteiger partial charge is 0.341 e. The first-order valence-corrected chi connectivity index (χ1v) is 12.7. The van der Waals surface area contributed by atoms with E-state index in [4.69, 9.17) is 4.98 Å². The van der Waals surface area contributed by atoms with E-state index in [9.17, 15) is 16.8 Å². The molecule has 1 aromatic rings. The number of anilines is 1. The molecule has 0 aromatic carbocycles. The van der Waals surface area contributed by atoms with Gasteiger partial charge in [-0.2, -0.15) is 17.0 Å².